The Morgan fingerprint density at radius 1 is 1.11 bits per heavy atom. The number of nitrogens with one attached hydrogen (secondary N) is 1. The summed E-state index contributed by atoms with van der Waals surface area (Å²) in [6.07, 6.45) is 2.37. The SMILES string of the molecule is O=C(NCC#Cc1ccccc1)c1nn(-c2ccc(F)c(F)c2)c2c1CCC2. The zero-order valence-corrected chi connectivity index (χ0v) is 15.0. The van der Waals surface area contributed by atoms with E-state index in [-0.39, 0.29) is 12.5 Å². The van der Waals surface area contributed by atoms with Crippen molar-refractivity contribution in [1.29, 1.82) is 0 Å². The lowest BCUT2D eigenvalue weighted by Crippen LogP contribution is -2.25. The molecule has 0 saturated heterocycles. The minimum absolute atomic E-state index is 0.195. The van der Waals surface area contributed by atoms with Crippen LogP contribution < -0.4 is 5.32 Å². The van der Waals surface area contributed by atoms with Gasteiger partial charge in [0.05, 0.1) is 12.2 Å². The molecule has 3 aromatic rings. The molecule has 1 aliphatic rings. The second-order valence-electron chi connectivity index (χ2n) is 6.49. The molecule has 1 heterocycles. The maximum Gasteiger partial charge on any atom is 0.272 e. The molecule has 0 atom stereocenters. The smallest absolute Gasteiger partial charge is 0.272 e. The number of aromatic nitrogens is 2. The van der Waals surface area contributed by atoms with E-state index in [0.29, 0.717) is 11.4 Å². The number of hydrogen-bond acceptors (Lipinski definition) is 2. The van der Waals surface area contributed by atoms with Crippen molar-refractivity contribution in [1.82, 2.24) is 15.1 Å². The minimum Gasteiger partial charge on any atom is -0.340 e. The fourth-order valence-electron chi connectivity index (χ4n) is 3.33. The lowest BCUT2D eigenvalue weighted by molar-refractivity contribution is 0.0952. The normalized spacial score (nSPS) is 12.2. The summed E-state index contributed by atoms with van der Waals surface area (Å²) < 4.78 is 28.4. The Hall–Kier alpha value is -3.46. The molecule has 1 aliphatic carbocycles. The van der Waals surface area contributed by atoms with Crippen LogP contribution in [0.5, 0.6) is 0 Å². The molecule has 0 aliphatic heterocycles. The average Bonchev–Trinajstić information content (AvgIpc) is 3.31. The van der Waals surface area contributed by atoms with Gasteiger partial charge in [-0.3, -0.25) is 4.79 Å². The van der Waals surface area contributed by atoms with Gasteiger partial charge in [0.25, 0.3) is 5.91 Å². The van der Waals surface area contributed by atoms with Crippen LogP contribution in [0.3, 0.4) is 0 Å². The molecule has 6 heteroatoms. The number of benzene rings is 2. The Balaban J connectivity index is 1.54. The number of rotatable bonds is 3. The topological polar surface area (TPSA) is 46.9 Å². The third-order valence-electron chi connectivity index (χ3n) is 4.64. The van der Waals surface area contributed by atoms with E-state index in [1.165, 1.54) is 10.7 Å². The zero-order valence-electron chi connectivity index (χ0n) is 15.0. The van der Waals surface area contributed by atoms with Crippen molar-refractivity contribution < 1.29 is 13.6 Å². The van der Waals surface area contributed by atoms with Crippen LogP contribution in [0, 0.1) is 23.5 Å². The molecule has 0 fully saturated rings. The summed E-state index contributed by atoms with van der Waals surface area (Å²) in [5.74, 6) is 3.72. The predicted octanol–water partition coefficient (Wildman–Crippen LogP) is 3.42. The molecular formula is C22H17F2N3O. The van der Waals surface area contributed by atoms with Crippen LogP contribution in [0.25, 0.3) is 5.69 Å². The molecule has 1 aromatic heterocycles. The van der Waals surface area contributed by atoms with E-state index in [2.05, 4.69) is 22.3 Å². The summed E-state index contributed by atoms with van der Waals surface area (Å²) in [5, 5.41) is 7.14. The Bertz CT molecular complexity index is 1090. The van der Waals surface area contributed by atoms with Gasteiger partial charge in [0.1, 0.15) is 0 Å². The monoisotopic (exact) mass is 377 g/mol. The van der Waals surface area contributed by atoms with Crippen molar-refractivity contribution in [2.45, 2.75) is 19.3 Å². The first-order valence-electron chi connectivity index (χ1n) is 9.02. The first kappa shape index (κ1) is 17.9. The molecule has 2 aromatic carbocycles. The second kappa shape index (κ2) is 7.65. The molecule has 0 radical (unpaired) electrons. The number of nitrogens with zero attached hydrogens (tertiary/aromatic N) is 2. The first-order valence-corrected chi connectivity index (χ1v) is 9.02. The van der Waals surface area contributed by atoms with E-state index in [4.69, 9.17) is 0 Å². The molecule has 0 spiro atoms. The van der Waals surface area contributed by atoms with Crippen molar-refractivity contribution >= 4 is 5.91 Å². The molecule has 0 bridgehead atoms. The van der Waals surface area contributed by atoms with Gasteiger partial charge in [0.15, 0.2) is 17.3 Å². The highest BCUT2D eigenvalue weighted by atomic mass is 19.2. The molecule has 1 N–H and O–H groups in total. The highest BCUT2D eigenvalue weighted by Gasteiger charge is 2.27. The number of carbonyl (C=O) groups excluding carboxylic acids is 1. The number of carbonyl (C=O) groups is 1. The largest absolute Gasteiger partial charge is 0.340 e. The Morgan fingerprint density at radius 3 is 2.71 bits per heavy atom. The minimum atomic E-state index is -0.943. The predicted molar refractivity (Wildman–Crippen MR) is 101 cm³/mol. The van der Waals surface area contributed by atoms with Crippen LogP contribution in [0.2, 0.25) is 0 Å². The highest BCUT2D eigenvalue weighted by Crippen LogP contribution is 2.28. The van der Waals surface area contributed by atoms with E-state index >= 15 is 0 Å². The van der Waals surface area contributed by atoms with Gasteiger partial charge >= 0.3 is 0 Å². The lowest BCUT2D eigenvalue weighted by Gasteiger charge is -2.06. The van der Waals surface area contributed by atoms with Gasteiger partial charge in [-0.15, -0.1) is 0 Å². The number of amides is 1. The van der Waals surface area contributed by atoms with Gasteiger partial charge in [-0.1, -0.05) is 30.0 Å². The van der Waals surface area contributed by atoms with Gasteiger partial charge in [-0.2, -0.15) is 5.10 Å². The van der Waals surface area contributed by atoms with Crippen molar-refractivity contribution in [3.63, 3.8) is 0 Å². The summed E-state index contributed by atoms with van der Waals surface area (Å²) in [7, 11) is 0. The van der Waals surface area contributed by atoms with Gasteiger partial charge in [-0.05, 0) is 43.5 Å². The van der Waals surface area contributed by atoms with Crippen LogP contribution in [-0.2, 0) is 12.8 Å². The van der Waals surface area contributed by atoms with Crippen LogP contribution >= 0.6 is 0 Å². The van der Waals surface area contributed by atoms with Crippen molar-refractivity contribution in [2.24, 2.45) is 0 Å². The van der Waals surface area contributed by atoms with E-state index in [0.717, 1.165) is 48.2 Å². The molecular weight excluding hydrogens is 360 g/mol. The van der Waals surface area contributed by atoms with E-state index in [1.807, 2.05) is 30.3 Å². The van der Waals surface area contributed by atoms with E-state index in [1.54, 1.807) is 0 Å². The Labute approximate surface area is 161 Å². The van der Waals surface area contributed by atoms with Crippen LogP contribution in [-0.4, -0.2) is 22.2 Å². The maximum absolute atomic E-state index is 13.6. The van der Waals surface area contributed by atoms with Gasteiger partial charge in [0, 0.05) is 22.9 Å². The van der Waals surface area contributed by atoms with Crippen LogP contribution in [0.4, 0.5) is 8.78 Å². The highest BCUT2D eigenvalue weighted by molar-refractivity contribution is 5.94. The third kappa shape index (κ3) is 3.52. The molecule has 28 heavy (non-hydrogen) atoms. The Kier molecular flexibility index (Phi) is 4.90. The number of fused-ring (bicyclic) bond motifs is 1. The fourth-order valence-corrected chi connectivity index (χ4v) is 3.33. The van der Waals surface area contributed by atoms with Gasteiger partial charge < -0.3 is 5.32 Å². The quantitative estimate of drug-likeness (QED) is 0.711. The van der Waals surface area contributed by atoms with Crippen LogP contribution in [0.15, 0.2) is 48.5 Å². The van der Waals surface area contributed by atoms with E-state index < -0.39 is 11.6 Å². The molecule has 4 rings (SSSR count). The van der Waals surface area contributed by atoms with Gasteiger partial charge in [0.2, 0.25) is 0 Å². The summed E-state index contributed by atoms with van der Waals surface area (Å²) in [4.78, 5) is 12.6. The summed E-state index contributed by atoms with van der Waals surface area (Å²) in [6, 6.07) is 13.1. The maximum atomic E-state index is 13.6. The Morgan fingerprint density at radius 2 is 1.93 bits per heavy atom. The summed E-state index contributed by atoms with van der Waals surface area (Å²) in [6.45, 7) is 0.195. The van der Waals surface area contributed by atoms with Crippen molar-refractivity contribution in [3.05, 3.63) is 82.7 Å². The summed E-state index contributed by atoms with van der Waals surface area (Å²) >= 11 is 0. The van der Waals surface area contributed by atoms with Crippen molar-refractivity contribution in [2.75, 3.05) is 6.54 Å². The molecule has 4 nitrogen and oxygen atoms in total. The summed E-state index contributed by atoms with van der Waals surface area (Å²) in [5.41, 5.74) is 3.32. The number of hydrogen-bond donors (Lipinski definition) is 1. The van der Waals surface area contributed by atoms with E-state index in [9.17, 15) is 13.6 Å². The molecule has 1 amide bonds. The van der Waals surface area contributed by atoms with Crippen molar-refractivity contribution in [3.8, 4) is 17.5 Å². The second-order valence-corrected chi connectivity index (χ2v) is 6.49. The fraction of sp³-hybridized carbons (Fsp3) is 0.182. The zero-order chi connectivity index (χ0) is 19.5. The molecule has 0 unspecified atom stereocenters. The first-order chi connectivity index (χ1) is 13.6. The third-order valence-corrected chi connectivity index (χ3v) is 4.64. The lowest BCUT2D eigenvalue weighted by atomic mass is 10.2. The average molecular weight is 377 g/mol. The molecule has 140 valence electrons. The van der Waals surface area contributed by atoms with Crippen LogP contribution in [0.1, 0.15) is 33.7 Å². The van der Waals surface area contributed by atoms with Gasteiger partial charge in [-0.25, -0.2) is 13.5 Å². The molecule has 0 saturated carbocycles. The standard InChI is InChI=1S/C22H17F2N3O/c23-18-12-11-16(14-19(18)24)27-20-10-4-9-17(20)21(26-27)22(28)25-13-5-8-15-6-2-1-3-7-15/h1-3,6-7,11-12,14H,4,9-10,13H2,(H,25,28). The number of halogens is 2.